The smallest absolute Gasteiger partial charge is 0.456 e. The molecule has 0 N–H and O–H groups in total. The first-order valence-corrected chi connectivity index (χ1v) is 10.4. The summed E-state index contributed by atoms with van der Waals surface area (Å²) in [6.07, 6.45) is -1.33. The molecule has 0 fully saturated rings. The van der Waals surface area contributed by atoms with Crippen LogP contribution in [0.1, 0.15) is 13.8 Å². The Bertz CT molecular complexity index is 1130. The number of anilines is 1. The van der Waals surface area contributed by atoms with Crippen molar-refractivity contribution in [1.82, 2.24) is 14.4 Å². The van der Waals surface area contributed by atoms with Crippen molar-refractivity contribution in [3.63, 3.8) is 0 Å². The number of alkyl halides is 5. The first-order valence-electron chi connectivity index (χ1n) is 9.37. The summed E-state index contributed by atoms with van der Waals surface area (Å²) in [6, 6.07) is 4.51. The second kappa shape index (κ2) is 8.93. The van der Waals surface area contributed by atoms with Crippen LogP contribution in [-0.4, -0.2) is 51.8 Å². The fourth-order valence-electron chi connectivity index (χ4n) is 2.78. The molecule has 0 bridgehead atoms. The molecular formula is C20H19F5N4O2S. The molecule has 172 valence electrons. The van der Waals surface area contributed by atoms with Crippen molar-refractivity contribution in [3.8, 4) is 17.3 Å². The van der Waals surface area contributed by atoms with E-state index in [-0.39, 0.29) is 17.2 Å². The number of imidazole rings is 1. The largest absolute Gasteiger partial charge is 0.485 e. The van der Waals surface area contributed by atoms with Gasteiger partial charge in [-0.15, -0.1) is 11.8 Å². The Hall–Kier alpha value is -2.89. The van der Waals surface area contributed by atoms with E-state index in [0.717, 1.165) is 4.90 Å². The van der Waals surface area contributed by atoms with E-state index in [1.54, 1.807) is 19.3 Å². The van der Waals surface area contributed by atoms with Crippen molar-refractivity contribution in [2.24, 2.45) is 0 Å². The molecule has 1 amide bonds. The Morgan fingerprint density at radius 3 is 2.56 bits per heavy atom. The lowest BCUT2D eigenvalue weighted by atomic mass is 10.3. The van der Waals surface area contributed by atoms with E-state index in [1.165, 1.54) is 52.5 Å². The summed E-state index contributed by atoms with van der Waals surface area (Å²) in [5.74, 6) is -4.29. The molecule has 3 aromatic heterocycles. The van der Waals surface area contributed by atoms with Crippen LogP contribution >= 0.6 is 11.8 Å². The Morgan fingerprint density at radius 1 is 1.22 bits per heavy atom. The van der Waals surface area contributed by atoms with Crippen LogP contribution in [0, 0.1) is 0 Å². The molecule has 3 heterocycles. The molecule has 6 nitrogen and oxygen atoms in total. The van der Waals surface area contributed by atoms with Crippen LogP contribution in [-0.2, 0) is 4.79 Å². The minimum Gasteiger partial charge on any atom is -0.485 e. The highest BCUT2D eigenvalue weighted by molar-refractivity contribution is 7.99. The lowest BCUT2D eigenvalue weighted by molar-refractivity contribution is -0.289. The van der Waals surface area contributed by atoms with Crippen LogP contribution in [0.15, 0.2) is 41.7 Å². The lowest BCUT2D eigenvalue weighted by Crippen LogP contribution is -2.41. The Balaban J connectivity index is 2.01. The number of nitrogens with zero attached hydrogens (tertiary/aromatic N) is 4. The summed E-state index contributed by atoms with van der Waals surface area (Å²) in [7, 11) is 1.62. The number of hydrogen-bond acceptors (Lipinski definition) is 5. The molecule has 0 saturated carbocycles. The number of ether oxygens (including phenoxy) is 1. The number of carbonyl (C=O) groups is 1. The van der Waals surface area contributed by atoms with E-state index in [9.17, 15) is 26.7 Å². The van der Waals surface area contributed by atoms with Crippen molar-refractivity contribution < 1.29 is 31.5 Å². The number of hydrogen-bond donors (Lipinski definition) is 0. The molecule has 3 rings (SSSR count). The maximum Gasteiger partial charge on any atom is 0.456 e. The average Bonchev–Trinajstić information content (AvgIpc) is 3.15. The summed E-state index contributed by atoms with van der Waals surface area (Å²) in [5, 5.41) is 0. The maximum atomic E-state index is 13.3. The van der Waals surface area contributed by atoms with E-state index in [2.05, 4.69) is 9.97 Å². The molecule has 0 aliphatic carbocycles. The zero-order valence-electron chi connectivity index (χ0n) is 17.3. The molecule has 0 radical (unpaired) electrons. The second-order valence-electron chi connectivity index (χ2n) is 6.75. The van der Waals surface area contributed by atoms with Gasteiger partial charge in [-0.1, -0.05) is 6.92 Å². The molecule has 12 heteroatoms. The van der Waals surface area contributed by atoms with E-state index in [1.807, 2.05) is 6.92 Å². The first-order chi connectivity index (χ1) is 15.0. The van der Waals surface area contributed by atoms with Crippen molar-refractivity contribution in [2.45, 2.75) is 30.8 Å². The SMILES string of the molecule is CCSc1cc(N(C)C(C)=O)cnc1-c1ncc2c(OCC(F)(F)C(F)(F)F)cccn12. The lowest BCUT2D eigenvalue weighted by Gasteiger charge is -2.20. The molecule has 0 aromatic carbocycles. The van der Waals surface area contributed by atoms with Crippen LogP contribution in [0.2, 0.25) is 0 Å². The molecule has 3 aromatic rings. The predicted octanol–water partition coefficient (Wildman–Crippen LogP) is 5.07. The Morgan fingerprint density at radius 2 is 1.94 bits per heavy atom. The van der Waals surface area contributed by atoms with Crippen LogP contribution in [0.3, 0.4) is 0 Å². The zero-order valence-corrected chi connectivity index (χ0v) is 18.1. The van der Waals surface area contributed by atoms with Crippen molar-refractivity contribution in [3.05, 3.63) is 36.8 Å². The summed E-state index contributed by atoms with van der Waals surface area (Å²) in [4.78, 5) is 22.6. The fraction of sp³-hybridized carbons (Fsp3) is 0.350. The summed E-state index contributed by atoms with van der Waals surface area (Å²) in [5.41, 5.74) is 1.26. The van der Waals surface area contributed by atoms with Gasteiger partial charge in [-0.05, 0) is 24.0 Å². The molecule has 0 spiro atoms. The summed E-state index contributed by atoms with van der Waals surface area (Å²) in [6.45, 7) is 1.51. The molecule has 0 aliphatic heterocycles. The van der Waals surface area contributed by atoms with Crippen molar-refractivity contribution in [2.75, 3.05) is 24.3 Å². The van der Waals surface area contributed by atoms with Crippen LogP contribution in [0.5, 0.6) is 5.75 Å². The summed E-state index contributed by atoms with van der Waals surface area (Å²) < 4.78 is 70.2. The molecule has 32 heavy (non-hydrogen) atoms. The monoisotopic (exact) mass is 474 g/mol. The third kappa shape index (κ3) is 4.64. The van der Waals surface area contributed by atoms with Gasteiger partial charge in [-0.3, -0.25) is 9.20 Å². The number of fused-ring (bicyclic) bond motifs is 1. The third-order valence-corrected chi connectivity index (χ3v) is 5.48. The second-order valence-corrected chi connectivity index (χ2v) is 8.06. The Kier molecular flexibility index (Phi) is 6.63. The number of halogens is 5. The quantitative estimate of drug-likeness (QED) is 0.354. The zero-order chi connectivity index (χ0) is 23.7. The Labute approximate surface area is 184 Å². The van der Waals surface area contributed by atoms with E-state index in [0.29, 0.717) is 23.0 Å². The summed E-state index contributed by atoms with van der Waals surface area (Å²) >= 11 is 1.46. The van der Waals surface area contributed by atoms with Gasteiger partial charge in [0.25, 0.3) is 0 Å². The van der Waals surface area contributed by atoms with E-state index >= 15 is 0 Å². The van der Waals surface area contributed by atoms with Gasteiger partial charge < -0.3 is 9.64 Å². The van der Waals surface area contributed by atoms with Crippen LogP contribution in [0.4, 0.5) is 27.6 Å². The third-order valence-electron chi connectivity index (χ3n) is 4.57. The minimum atomic E-state index is -5.71. The van der Waals surface area contributed by atoms with Gasteiger partial charge in [0.15, 0.2) is 12.4 Å². The standard InChI is InChI=1S/C20H19F5N4O2S/c1-4-32-16-8-13(28(3)12(2)30)9-26-17(16)18-27-10-14-15(6-5-7-29(14)18)31-11-19(21,22)20(23,24)25/h5-10H,4,11H2,1-3H3. The van der Waals surface area contributed by atoms with Gasteiger partial charge in [0.1, 0.15) is 17.0 Å². The topological polar surface area (TPSA) is 59.7 Å². The first kappa shape index (κ1) is 23.8. The minimum absolute atomic E-state index is 0.171. The molecule has 0 unspecified atom stereocenters. The maximum absolute atomic E-state index is 13.3. The van der Waals surface area contributed by atoms with Gasteiger partial charge in [-0.2, -0.15) is 22.0 Å². The number of amides is 1. The molecule has 0 atom stereocenters. The number of carbonyl (C=O) groups excluding carboxylic acids is 1. The van der Waals surface area contributed by atoms with E-state index in [4.69, 9.17) is 4.74 Å². The normalized spacial score (nSPS) is 12.2. The van der Waals surface area contributed by atoms with Gasteiger partial charge in [-0.25, -0.2) is 9.97 Å². The highest BCUT2D eigenvalue weighted by atomic mass is 32.2. The number of aromatic nitrogens is 3. The predicted molar refractivity (Wildman–Crippen MR) is 110 cm³/mol. The van der Waals surface area contributed by atoms with Gasteiger partial charge >= 0.3 is 12.1 Å². The van der Waals surface area contributed by atoms with E-state index < -0.39 is 18.7 Å². The average molecular weight is 474 g/mol. The highest BCUT2D eigenvalue weighted by Gasteiger charge is 2.58. The van der Waals surface area contributed by atoms with Crippen molar-refractivity contribution >= 4 is 28.9 Å². The molecular weight excluding hydrogens is 455 g/mol. The van der Waals surface area contributed by atoms with Crippen LogP contribution < -0.4 is 9.64 Å². The van der Waals surface area contributed by atoms with Crippen molar-refractivity contribution in [1.29, 1.82) is 0 Å². The fourth-order valence-corrected chi connectivity index (χ4v) is 3.57. The number of rotatable bonds is 7. The number of pyridine rings is 2. The molecule has 0 aliphatic rings. The van der Waals surface area contributed by atoms with Gasteiger partial charge in [0, 0.05) is 25.1 Å². The molecule has 0 saturated heterocycles. The van der Waals surface area contributed by atoms with Gasteiger partial charge in [0.2, 0.25) is 5.91 Å². The highest BCUT2D eigenvalue weighted by Crippen LogP contribution is 2.37. The number of thioether (sulfide) groups is 1. The van der Waals surface area contributed by atoms with Crippen LogP contribution in [0.25, 0.3) is 17.0 Å². The van der Waals surface area contributed by atoms with Gasteiger partial charge in [0.05, 0.1) is 18.1 Å².